The number of methoxy groups -OCH3 is 1. The van der Waals surface area contributed by atoms with Gasteiger partial charge in [0, 0.05) is 24.3 Å². The Kier molecular flexibility index (Phi) is 8.49. The molecule has 1 heterocycles. The zero-order valence-electron chi connectivity index (χ0n) is 22.3. The van der Waals surface area contributed by atoms with Crippen molar-refractivity contribution in [1.82, 2.24) is 4.90 Å². The molecule has 4 rings (SSSR count). The third kappa shape index (κ3) is 6.73. The Balaban J connectivity index is 1.34. The summed E-state index contributed by atoms with van der Waals surface area (Å²) < 4.78 is 26.1. The van der Waals surface area contributed by atoms with Crippen molar-refractivity contribution in [2.75, 3.05) is 30.9 Å². The van der Waals surface area contributed by atoms with Gasteiger partial charge in [-0.25, -0.2) is 14.0 Å². The van der Waals surface area contributed by atoms with E-state index in [0.717, 1.165) is 22.4 Å². The number of ether oxygens (including phenoxy) is 2. The SMILES string of the molecule is COC(=O)c1ccc(OC[C@@]2(F)CCCN2C(=O)Cc2ccc(NC(=O)Nc3ccccc3C)c(C)c2)cc1. The summed E-state index contributed by atoms with van der Waals surface area (Å²) in [5.74, 6) is -2.34. The number of hydrogen-bond donors (Lipinski definition) is 2. The van der Waals surface area contributed by atoms with E-state index in [1.807, 2.05) is 44.2 Å². The molecule has 0 unspecified atom stereocenters. The Morgan fingerprint density at radius 1 is 0.949 bits per heavy atom. The van der Waals surface area contributed by atoms with E-state index in [4.69, 9.17) is 4.74 Å². The van der Waals surface area contributed by atoms with Gasteiger partial charge in [0.25, 0.3) is 0 Å². The Hall–Kier alpha value is -4.40. The van der Waals surface area contributed by atoms with Crippen LogP contribution in [0.1, 0.15) is 39.9 Å². The average Bonchev–Trinajstić information content (AvgIpc) is 3.32. The Morgan fingerprint density at radius 3 is 2.31 bits per heavy atom. The van der Waals surface area contributed by atoms with Crippen LogP contribution in [0, 0.1) is 13.8 Å². The summed E-state index contributed by atoms with van der Waals surface area (Å²) in [5, 5.41) is 5.66. The highest BCUT2D eigenvalue weighted by atomic mass is 19.1. The molecule has 0 aromatic heterocycles. The number of urea groups is 1. The van der Waals surface area contributed by atoms with Crippen molar-refractivity contribution in [2.24, 2.45) is 0 Å². The number of anilines is 2. The quantitative estimate of drug-likeness (QED) is 0.288. The number of rotatable bonds is 8. The molecule has 8 nitrogen and oxygen atoms in total. The van der Waals surface area contributed by atoms with Crippen LogP contribution < -0.4 is 15.4 Å². The largest absolute Gasteiger partial charge is 0.488 e. The summed E-state index contributed by atoms with van der Waals surface area (Å²) in [7, 11) is 1.30. The Morgan fingerprint density at radius 2 is 1.64 bits per heavy atom. The van der Waals surface area contributed by atoms with Gasteiger partial charge in [0.1, 0.15) is 12.4 Å². The van der Waals surface area contributed by atoms with Gasteiger partial charge in [0.05, 0.1) is 19.1 Å². The van der Waals surface area contributed by atoms with Crippen molar-refractivity contribution >= 4 is 29.3 Å². The normalized spacial score (nSPS) is 16.5. The fraction of sp³-hybridized carbons (Fsp3) is 0.300. The van der Waals surface area contributed by atoms with Crippen LogP contribution in [0.3, 0.4) is 0 Å². The molecule has 0 spiro atoms. The summed E-state index contributed by atoms with van der Waals surface area (Å²) in [6.45, 7) is 3.74. The first-order chi connectivity index (χ1) is 18.7. The van der Waals surface area contributed by atoms with E-state index in [1.54, 1.807) is 24.3 Å². The molecule has 0 bridgehead atoms. The van der Waals surface area contributed by atoms with Gasteiger partial charge in [-0.05, 0) is 73.4 Å². The molecule has 1 fully saturated rings. The lowest BCUT2D eigenvalue weighted by Gasteiger charge is -2.31. The highest BCUT2D eigenvalue weighted by Gasteiger charge is 2.44. The number of carbonyl (C=O) groups is 3. The molecule has 3 aromatic carbocycles. The number of likely N-dealkylation sites (tertiary alicyclic amines) is 1. The maximum absolute atomic E-state index is 15.8. The highest BCUT2D eigenvalue weighted by Crippen LogP contribution is 2.33. The van der Waals surface area contributed by atoms with Gasteiger partial charge < -0.3 is 25.0 Å². The molecule has 1 aliphatic rings. The van der Waals surface area contributed by atoms with Crippen molar-refractivity contribution in [1.29, 1.82) is 0 Å². The predicted octanol–water partition coefficient (Wildman–Crippen LogP) is 5.64. The average molecular weight is 534 g/mol. The topological polar surface area (TPSA) is 97.0 Å². The third-order valence-corrected chi connectivity index (χ3v) is 6.75. The Bertz CT molecular complexity index is 1360. The summed E-state index contributed by atoms with van der Waals surface area (Å²) in [6.07, 6.45) is 0.734. The van der Waals surface area contributed by atoms with Crippen LogP contribution in [-0.2, 0) is 16.0 Å². The van der Waals surface area contributed by atoms with Crippen molar-refractivity contribution in [3.63, 3.8) is 0 Å². The van der Waals surface area contributed by atoms with E-state index in [2.05, 4.69) is 15.4 Å². The zero-order valence-corrected chi connectivity index (χ0v) is 22.3. The lowest BCUT2D eigenvalue weighted by atomic mass is 10.1. The predicted molar refractivity (Wildman–Crippen MR) is 147 cm³/mol. The van der Waals surface area contributed by atoms with E-state index in [9.17, 15) is 14.4 Å². The summed E-state index contributed by atoms with van der Waals surface area (Å²) in [4.78, 5) is 38.4. The van der Waals surface area contributed by atoms with Gasteiger partial charge in [0.15, 0.2) is 0 Å². The highest BCUT2D eigenvalue weighted by molar-refractivity contribution is 6.00. The molecule has 1 aliphatic heterocycles. The van der Waals surface area contributed by atoms with E-state index >= 15 is 4.39 Å². The number of benzene rings is 3. The molecular weight excluding hydrogens is 501 g/mol. The van der Waals surface area contributed by atoms with Gasteiger partial charge in [-0.15, -0.1) is 0 Å². The molecule has 0 radical (unpaired) electrons. The number of nitrogens with one attached hydrogen (secondary N) is 2. The van der Waals surface area contributed by atoms with Crippen LogP contribution >= 0.6 is 0 Å². The zero-order chi connectivity index (χ0) is 28.0. The van der Waals surface area contributed by atoms with Crippen LogP contribution in [0.2, 0.25) is 0 Å². The summed E-state index contributed by atoms with van der Waals surface area (Å²) in [5.41, 5.74) is 4.15. The second kappa shape index (κ2) is 12.0. The second-order valence-corrected chi connectivity index (χ2v) is 9.59. The summed E-state index contributed by atoms with van der Waals surface area (Å²) in [6, 6.07) is 18.6. The van der Waals surface area contributed by atoms with E-state index in [-0.39, 0.29) is 31.4 Å². The van der Waals surface area contributed by atoms with Crippen LogP contribution in [0.25, 0.3) is 0 Å². The Labute approximate surface area is 227 Å². The lowest BCUT2D eigenvalue weighted by molar-refractivity contribution is -0.144. The molecule has 2 N–H and O–H groups in total. The van der Waals surface area contributed by atoms with Gasteiger partial charge in [-0.2, -0.15) is 0 Å². The van der Waals surface area contributed by atoms with Crippen molar-refractivity contribution in [3.05, 3.63) is 89.0 Å². The van der Waals surface area contributed by atoms with Gasteiger partial charge in [-0.1, -0.05) is 30.3 Å². The molecule has 3 amide bonds. The molecule has 39 heavy (non-hydrogen) atoms. The number of hydrogen-bond acceptors (Lipinski definition) is 5. The first-order valence-corrected chi connectivity index (χ1v) is 12.7. The maximum Gasteiger partial charge on any atom is 0.337 e. The van der Waals surface area contributed by atoms with Crippen LogP contribution in [0.5, 0.6) is 5.75 Å². The molecular formula is C30H32FN3O5. The molecule has 204 valence electrons. The first kappa shape index (κ1) is 27.6. The molecule has 1 atom stereocenters. The maximum atomic E-state index is 15.8. The number of aryl methyl sites for hydroxylation is 2. The smallest absolute Gasteiger partial charge is 0.337 e. The number of para-hydroxylation sites is 1. The lowest BCUT2D eigenvalue weighted by Crippen LogP contribution is -2.48. The van der Waals surface area contributed by atoms with Gasteiger partial charge in [-0.3, -0.25) is 4.79 Å². The van der Waals surface area contributed by atoms with E-state index in [1.165, 1.54) is 24.1 Å². The summed E-state index contributed by atoms with van der Waals surface area (Å²) >= 11 is 0. The first-order valence-electron chi connectivity index (χ1n) is 12.7. The fourth-order valence-corrected chi connectivity index (χ4v) is 4.58. The molecule has 3 aromatic rings. The molecule has 0 aliphatic carbocycles. The number of carbonyl (C=O) groups excluding carboxylic acids is 3. The molecule has 9 heteroatoms. The number of esters is 1. The van der Waals surface area contributed by atoms with Gasteiger partial charge >= 0.3 is 12.0 Å². The van der Waals surface area contributed by atoms with Crippen LogP contribution in [0.15, 0.2) is 66.7 Å². The minimum atomic E-state index is -1.93. The van der Waals surface area contributed by atoms with E-state index < -0.39 is 11.8 Å². The van der Waals surface area contributed by atoms with Crippen LogP contribution in [0.4, 0.5) is 20.6 Å². The number of amides is 3. The fourth-order valence-electron chi connectivity index (χ4n) is 4.58. The minimum Gasteiger partial charge on any atom is -0.488 e. The minimum absolute atomic E-state index is 0.0238. The van der Waals surface area contributed by atoms with Crippen molar-refractivity contribution in [2.45, 2.75) is 38.9 Å². The van der Waals surface area contributed by atoms with E-state index in [0.29, 0.717) is 30.0 Å². The number of nitrogens with zero attached hydrogens (tertiary/aromatic N) is 1. The molecule has 0 saturated carbocycles. The number of halogens is 1. The number of alkyl halides is 1. The monoisotopic (exact) mass is 533 g/mol. The van der Waals surface area contributed by atoms with Crippen molar-refractivity contribution in [3.8, 4) is 5.75 Å². The molecule has 1 saturated heterocycles. The third-order valence-electron chi connectivity index (χ3n) is 6.75. The standard InChI is InChI=1S/C30H32FN3O5/c1-20-7-4-5-8-25(20)32-29(37)33-26-14-9-22(17-21(26)2)18-27(35)34-16-6-15-30(34,31)19-39-24-12-10-23(11-13-24)28(36)38-3/h4-5,7-14,17H,6,15-16,18-19H2,1-3H3,(H2,32,33,37)/t30-/m1/s1. The van der Waals surface area contributed by atoms with Crippen molar-refractivity contribution < 1.29 is 28.2 Å². The van der Waals surface area contributed by atoms with Gasteiger partial charge in [0.2, 0.25) is 11.7 Å². The second-order valence-electron chi connectivity index (χ2n) is 9.59. The van der Waals surface area contributed by atoms with Crippen LogP contribution in [-0.4, -0.2) is 48.9 Å².